The lowest BCUT2D eigenvalue weighted by atomic mass is 10.3. The molecule has 1 heterocycles. The number of hydrogen-bond acceptors (Lipinski definition) is 4. The molecule has 0 atom stereocenters. The molecule has 0 aliphatic rings. The van der Waals surface area contributed by atoms with Crippen molar-refractivity contribution < 1.29 is 4.79 Å². The Labute approximate surface area is 105 Å². The zero-order chi connectivity index (χ0) is 12.7. The number of thiophene rings is 1. The first-order chi connectivity index (χ1) is 8.21. The SMILES string of the molecule is C=CCN(CC=C)Cc1ccc(C(=O)NN)s1. The normalized spacial score (nSPS) is 10.2. The Hall–Kier alpha value is -1.43. The first-order valence-electron chi connectivity index (χ1n) is 5.25. The van der Waals surface area contributed by atoms with Crippen LogP contribution in [-0.2, 0) is 6.54 Å². The molecule has 1 aromatic heterocycles. The molecule has 0 aromatic carbocycles. The highest BCUT2D eigenvalue weighted by Crippen LogP contribution is 2.18. The van der Waals surface area contributed by atoms with Crippen molar-refractivity contribution >= 4 is 17.2 Å². The van der Waals surface area contributed by atoms with Gasteiger partial charge in [0.15, 0.2) is 0 Å². The minimum Gasteiger partial charge on any atom is -0.291 e. The third-order valence-electron chi connectivity index (χ3n) is 2.17. The number of nitrogens with one attached hydrogen (secondary N) is 1. The zero-order valence-corrected chi connectivity index (χ0v) is 10.5. The standard InChI is InChI=1S/C12H17N3OS/c1-3-7-15(8-4-2)9-10-5-6-11(17-10)12(16)14-13/h3-6H,1-2,7-9,13H2,(H,14,16). The van der Waals surface area contributed by atoms with Gasteiger partial charge in [0.05, 0.1) is 4.88 Å². The average Bonchev–Trinajstić information content (AvgIpc) is 2.77. The Balaban J connectivity index is 2.66. The van der Waals surface area contributed by atoms with E-state index in [1.165, 1.54) is 11.3 Å². The second-order valence-electron chi connectivity index (χ2n) is 3.51. The quantitative estimate of drug-likeness (QED) is 0.334. The van der Waals surface area contributed by atoms with Gasteiger partial charge in [0.25, 0.3) is 5.91 Å². The molecule has 4 nitrogen and oxygen atoms in total. The summed E-state index contributed by atoms with van der Waals surface area (Å²) >= 11 is 1.44. The first kappa shape index (κ1) is 13.6. The highest BCUT2D eigenvalue weighted by Gasteiger charge is 2.09. The number of amides is 1. The summed E-state index contributed by atoms with van der Waals surface area (Å²) < 4.78 is 0. The van der Waals surface area contributed by atoms with Gasteiger partial charge in [-0.05, 0) is 12.1 Å². The van der Waals surface area contributed by atoms with Crippen LogP contribution in [0.15, 0.2) is 37.4 Å². The Morgan fingerprint density at radius 1 is 1.41 bits per heavy atom. The number of nitrogens with zero attached hydrogens (tertiary/aromatic N) is 1. The molecule has 1 aromatic rings. The van der Waals surface area contributed by atoms with Gasteiger partial charge in [0.2, 0.25) is 0 Å². The van der Waals surface area contributed by atoms with Crippen LogP contribution in [0.5, 0.6) is 0 Å². The summed E-state index contributed by atoms with van der Waals surface area (Å²) in [4.78, 5) is 15.2. The van der Waals surface area contributed by atoms with Gasteiger partial charge in [-0.2, -0.15) is 0 Å². The zero-order valence-electron chi connectivity index (χ0n) is 9.69. The fourth-order valence-corrected chi connectivity index (χ4v) is 2.40. The molecule has 17 heavy (non-hydrogen) atoms. The van der Waals surface area contributed by atoms with Crippen LogP contribution in [0.4, 0.5) is 0 Å². The van der Waals surface area contributed by atoms with Gasteiger partial charge < -0.3 is 0 Å². The molecule has 0 saturated carbocycles. The van der Waals surface area contributed by atoms with E-state index in [0.717, 1.165) is 24.5 Å². The van der Waals surface area contributed by atoms with Crippen molar-refractivity contribution in [1.29, 1.82) is 0 Å². The summed E-state index contributed by atoms with van der Waals surface area (Å²) in [6.07, 6.45) is 3.70. The van der Waals surface area contributed by atoms with Gasteiger partial charge in [-0.25, -0.2) is 5.84 Å². The Bertz CT molecular complexity index is 390. The van der Waals surface area contributed by atoms with E-state index in [0.29, 0.717) is 4.88 Å². The van der Waals surface area contributed by atoms with Crippen LogP contribution in [0, 0.1) is 0 Å². The average molecular weight is 251 g/mol. The van der Waals surface area contributed by atoms with Crippen molar-refractivity contribution in [2.45, 2.75) is 6.54 Å². The van der Waals surface area contributed by atoms with E-state index in [-0.39, 0.29) is 5.91 Å². The van der Waals surface area contributed by atoms with E-state index in [4.69, 9.17) is 5.84 Å². The van der Waals surface area contributed by atoms with Crippen LogP contribution >= 0.6 is 11.3 Å². The fraction of sp³-hybridized carbons (Fsp3) is 0.250. The van der Waals surface area contributed by atoms with E-state index in [1.54, 1.807) is 6.07 Å². The lowest BCUT2D eigenvalue weighted by Crippen LogP contribution is -2.29. The highest BCUT2D eigenvalue weighted by molar-refractivity contribution is 7.14. The molecule has 92 valence electrons. The molecule has 0 unspecified atom stereocenters. The smallest absolute Gasteiger partial charge is 0.275 e. The summed E-state index contributed by atoms with van der Waals surface area (Å²) in [5.41, 5.74) is 2.12. The molecular weight excluding hydrogens is 234 g/mol. The lowest BCUT2D eigenvalue weighted by Gasteiger charge is -2.17. The van der Waals surface area contributed by atoms with E-state index in [1.807, 2.05) is 18.2 Å². The van der Waals surface area contributed by atoms with Crippen LogP contribution in [-0.4, -0.2) is 23.9 Å². The summed E-state index contributed by atoms with van der Waals surface area (Å²) in [5.74, 6) is 4.83. The lowest BCUT2D eigenvalue weighted by molar-refractivity contribution is 0.0957. The molecular formula is C12H17N3OS. The maximum Gasteiger partial charge on any atom is 0.275 e. The van der Waals surface area contributed by atoms with E-state index < -0.39 is 0 Å². The third kappa shape index (κ3) is 4.14. The van der Waals surface area contributed by atoms with E-state index >= 15 is 0 Å². The molecule has 1 amide bonds. The minimum atomic E-state index is -0.250. The van der Waals surface area contributed by atoms with Crippen LogP contribution in [0.1, 0.15) is 14.5 Å². The van der Waals surface area contributed by atoms with Crippen LogP contribution < -0.4 is 11.3 Å². The van der Waals surface area contributed by atoms with Gasteiger partial charge in [0.1, 0.15) is 0 Å². The molecule has 1 rings (SSSR count). The van der Waals surface area contributed by atoms with Crippen molar-refractivity contribution in [3.8, 4) is 0 Å². The van der Waals surface area contributed by atoms with E-state index in [9.17, 15) is 4.79 Å². The number of nitrogens with two attached hydrogens (primary N) is 1. The second-order valence-corrected chi connectivity index (χ2v) is 4.68. The fourth-order valence-electron chi connectivity index (χ4n) is 1.45. The predicted octanol–water partition coefficient (Wildman–Crippen LogP) is 1.53. The Kier molecular flexibility index (Phi) is 5.62. The minimum absolute atomic E-state index is 0.250. The van der Waals surface area contributed by atoms with Gasteiger partial charge in [-0.1, -0.05) is 12.2 Å². The van der Waals surface area contributed by atoms with Crippen molar-refractivity contribution in [2.75, 3.05) is 13.1 Å². The van der Waals surface area contributed by atoms with Gasteiger partial charge in [-0.3, -0.25) is 15.1 Å². The van der Waals surface area contributed by atoms with Gasteiger partial charge >= 0.3 is 0 Å². The molecule has 0 radical (unpaired) electrons. The number of carbonyl (C=O) groups excluding carboxylic acids is 1. The molecule has 0 fully saturated rings. The molecule has 3 N–H and O–H groups in total. The molecule has 0 aliphatic heterocycles. The number of hydrogen-bond donors (Lipinski definition) is 2. The number of hydrazine groups is 1. The first-order valence-corrected chi connectivity index (χ1v) is 6.06. The molecule has 0 bridgehead atoms. The molecule has 0 saturated heterocycles. The largest absolute Gasteiger partial charge is 0.291 e. The summed E-state index contributed by atoms with van der Waals surface area (Å²) in [5, 5.41) is 0. The molecule has 0 aliphatic carbocycles. The van der Waals surface area contributed by atoms with Crippen molar-refractivity contribution in [1.82, 2.24) is 10.3 Å². The maximum atomic E-state index is 11.3. The second kappa shape index (κ2) is 7.01. The van der Waals surface area contributed by atoms with Crippen LogP contribution in [0.25, 0.3) is 0 Å². The van der Waals surface area contributed by atoms with Crippen molar-refractivity contribution in [3.05, 3.63) is 47.2 Å². The van der Waals surface area contributed by atoms with Crippen molar-refractivity contribution in [2.24, 2.45) is 5.84 Å². The predicted molar refractivity (Wildman–Crippen MR) is 71.6 cm³/mol. The summed E-state index contributed by atoms with van der Waals surface area (Å²) in [7, 11) is 0. The number of carbonyl (C=O) groups is 1. The van der Waals surface area contributed by atoms with Crippen LogP contribution in [0.2, 0.25) is 0 Å². The third-order valence-corrected chi connectivity index (χ3v) is 3.24. The topological polar surface area (TPSA) is 58.4 Å². The van der Waals surface area contributed by atoms with Crippen molar-refractivity contribution in [3.63, 3.8) is 0 Å². The molecule has 5 heteroatoms. The number of rotatable bonds is 7. The monoisotopic (exact) mass is 251 g/mol. The summed E-state index contributed by atoms with van der Waals surface area (Å²) in [6, 6.07) is 3.72. The maximum absolute atomic E-state index is 11.3. The van der Waals surface area contributed by atoms with Gasteiger partial charge in [0, 0.05) is 24.5 Å². The number of nitrogen functional groups attached to an aromatic ring is 1. The molecule has 0 spiro atoms. The van der Waals surface area contributed by atoms with Gasteiger partial charge in [-0.15, -0.1) is 24.5 Å². The van der Waals surface area contributed by atoms with Crippen LogP contribution in [0.3, 0.4) is 0 Å². The van der Waals surface area contributed by atoms with E-state index in [2.05, 4.69) is 23.5 Å². The summed E-state index contributed by atoms with van der Waals surface area (Å²) in [6.45, 7) is 9.80. The Morgan fingerprint density at radius 2 is 2.06 bits per heavy atom. The highest BCUT2D eigenvalue weighted by atomic mass is 32.1. The Morgan fingerprint density at radius 3 is 2.59 bits per heavy atom.